The van der Waals surface area contributed by atoms with Crippen LogP contribution in [0.2, 0.25) is 0 Å². The summed E-state index contributed by atoms with van der Waals surface area (Å²) in [7, 11) is 0. The van der Waals surface area contributed by atoms with Crippen LogP contribution in [0.15, 0.2) is 66.6 Å². The maximum Gasteiger partial charge on any atom is 0.269 e. The number of hydrogen-bond donors (Lipinski definition) is 0. The highest BCUT2D eigenvalue weighted by Gasteiger charge is 2.18. The number of allylic oxidation sites excluding steroid dienone is 1. The van der Waals surface area contributed by atoms with Crippen molar-refractivity contribution in [3.8, 4) is 11.4 Å². The van der Waals surface area contributed by atoms with Crippen LogP contribution in [0.3, 0.4) is 0 Å². The lowest BCUT2D eigenvalue weighted by molar-refractivity contribution is -0.384. The number of nitro benzene ring substituents is 1. The van der Waals surface area contributed by atoms with E-state index in [9.17, 15) is 10.1 Å². The summed E-state index contributed by atoms with van der Waals surface area (Å²) in [4.78, 5) is 14.6. The van der Waals surface area contributed by atoms with Gasteiger partial charge in [-0.1, -0.05) is 30.0 Å². The minimum absolute atomic E-state index is 0.0204. The number of benzene rings is 1. The summed E-state index contributed by atoms with van der Waals surface area (Å²) in [5.74, 6) is 0.737. The maximum absolute atomic E-state index is 11.0. The Morgan fingerprint density at radius 3 is 2.77 bits per heavy atom. The van der Waals surface area contributed by atoms with Crippen molar-refractivity contribution in [1.82, 2.24) is 19.7 Å². The molecule has 3 rings (SSSR count). The van der Waals surface area contributed by atoms with Gasteiger partial charge >= 0.3 is 0 Å². The van der Waals surface area contributed by atoms with Crippen molar-refractivity contribution in [1.29, 1.82) is 0 Å². The maximum atomic E-state index is 11.0. The first kappa shape index (κ1) is 17.8. The van der Waals surface area contributed by atoms with E-state index in [0.29, 0.717) is 6.54 Å². The van der Waals surface area contributed by atoms with Crippen molar-refractivity contribution >= 4 is 17.4 Å². The van der Waals surface area contributed by atoms with Crippen LogP contribution in [0.4, 0.5) is 5.69 Å². The minimum Gasteiger partial charge on any atom is -0.298 e. The van der Waals surface area contributed by atoms with Gasteiger partial charge in [-0.3, -0.25) is 19.7 Å². The molecule has 2 heterocycles. The minimum atomic E-state index is -0.386. The van der Waals surface area contributed by atoms with Crippen LogP contribution in [0.25, 0.3) is 11.4 Å². The number of rotatable bonds is 7. The molecule has 0 spiro atoms. The zero-order chi connectivity index (χ0) is 18.5. The first-order chi connectivity index (χ1) is 12.6. The molecule has 1 atom stereocenters. The number of nitro groups is 1. The second-order valence-electron chi connectivity index (χ2n) is 5.55. The molecule has 0 aliphatic heterocycles. The Morgan fingerprint density at radius 2 is 2.08 bits per heavy atom. The van der Waals surface area contributed by atoms with Crippen molar-refractivity contribution in [3.63, 3.8) is 0 Å². The summed E-state index contributed by atoms with van der Waals surface area (Å²) < 4.78 is 1.97. The van der Waals surface area contributed by atoms with E-state index in [4.69, 9.17) is 0 Å². The molecule has 0 aliphatic carbocycles. The molecular formula is C18H17N5O2S. The summed E-state index contributed by atoms with van der Waals surface area (Å²) >= 11 is 1.50. The molecule has 8 heteroatoms. The van der Waals surface area contributed by atoms with E-state index in [1.165, 1.54) is 17.8 Å². The Labute approximate surface area is 155 Å². The molecule has 0 saturated carbocycles. The van der Waals surface area contributed by atoms with Crippen molar-refractivity contribution in [3.05, 3.63) is 77.1 Å². The molecule has 26 heavy (non-hydrogen) atoms. The average molecular weight is 367 g/mol. The van der Waals surface area contributed by atoms with Gasteiger partial charge in [0.1, 0.15) is 0 Å². The lowest BCUT2D eigenvalue weighted by atomic mass is 10.1. The summed E-state index contributed by atoms with van der Waals surface area (Å²) in [6, 6.07) is 10.4. The monoisotopic (exact) mass is 367 g/mol. The van der Waals surface area contributed by atoms with E-state index in [1.807, 2.05) is 29.7 Å². The van der Waals surface area contributed by atoms with Crippen molar-refractivity contribution in [2.24, 2.45) is 0 Å². The van der Waals surface area contributed by atoms with Gasteiger partial charge in [0.25, 0.3) is 5.69 Å². The standard InChI is InChI=1S/C18H17N5O2S/c1-3-11-22-17(14-7-9-19-10-8-14)20-21-18(22)26-13(2)15-5-4-6-16(12-15)23(24)25/h3-10,12-13H,1,11H2,2H3/t13-/m1/s1. The fourth-order valence-electron chi connectivity index (χ4n) is 2.50. The third kappa shape index (κ3) is 3.80. The molecule has 3 aromatic rings. The zero-order valence-electron chi connectivity index (χ0n) is 14.1. The molecule has 0 saturated heterocycles. The number of hydrogen-bond acceptors (Lipinski definition) is 6. The predicted octanol–water partition coefficient (Wildman–Crippen LogP) is 4.29. The molecule has 0 radical (unpaired) electrons. The Bertz CT molecular complexity index is 926. The Balaban J connectivity index is 1.90. The molecular weight excluding hydrogens is 350 g/mol. The van der Waals surface area contributed by atoms with Gasteiger partial charge in [-0.05, 0) is 24.6 Å². The van der Waals surface area contributed by atoms with Crippen molar-refractivity contribution in [2.45, 2.75) is 23.9 Å². The van der Waals surface area contributed by atoms with Crippen LogP contribution in [0, 0.1) is 10.1 Å². The molecule has 0 aliphatic rings. The lowest BCUT2D eigenvalue weighted by Gasteiger charge is -2.12. The van der Waals surface area contributed by atoms with Gasteiger partial charge in [0.2, 0.25) is 0 Å². The van der Waals surface area contributed by atoms with Gasteiger partial charge in [0, 0.05) is 41.9 Å². The molecule has 0 fully saturated rings. The highest BCUT2D eigenvalue weighted by molar-refractivity contribution is 7.99. The summed E-state index contributed by atoms with van der Waals surface area (Å²) in [5.41, 5.74) is 1.87. The van der Waals surface area contributed by atoms with Crippen LogP contribution in [-0.2, 0) is 6.54 Å². The first-order valence-corrected chi connectivity index (χ1v) is 8.83. The Kier molecular flexibility index (Phi) is 5.43. The topological polar surface area (TPSA) is 86.7 Å². The van der Waals surface area contributed by atoms with Gasteiger partial charge in [-0.15, -0.1) is 16.8 Å². The average Bonchev–Trinajstić information content (AvgIpc) is 3.05. The van der Waals surface area contributed by atoms with Gasteiger partial charge in [0.15, 0.2) is 11.0 Å². The number of aromatic nitrogens is 4. The second kappa shape index (κ2) is 7.92. The van der Waals surface area contributed by atoms with E-state index in [2.05, 4.69) is 21.8 Å². The van der Waals surface area contributed by atoms with E-state index < -0.39 is 0 Å². The van der Waals surface area contributed by atoms with E-state index in [0.717, 1.165) is 22.1 Å². The molecule has 132 valence electrons. The Morgan fingerprint density at radius 1 is 1.31 bits per heavy atom. The molecule has 0 N–H and O–H groups in total. The van der Waals surface area contributed by atoms with Gasteiger partial charge in [-0.25, -0.2) is 0 Å². The van der Waals surface area contributed by atoms with E-state index >= 15 is 0 Å². The third-order valence-corrected chi connectivity index (χ3v) is 4.94. The highest BCUT2D eigenvalue weighted by atomic mass is 32.2. The van der Waals surface area contributed by atoms with Crippen LogP contribution in [0.1, 0.15) is 17.7 Å². The second-order valence-corrected chi connectivity index (χ2v) is 6.86. The molecule has 0 amide bonds. The van der Waals surface area contributed by atoms with Crippen molar-refractivity contribution in [2.75, 3.05) is 0 Å². The smallest absolute Gasteiger partial charge is 0.269 e. The zero-order valence-corrected chi connectivity index (χ0v) is 15.0. The SMILES string of the molecule is C=CCn1c(S[C@H](C)c2cccc([N+](=O)[O-])c2)nnc1-c1ccncc1. The Hall–Kier alpha value is -3.00. The predicted molar refractivity (Wildman–Crippen MR) is 101 cm³/mol. The summed E-state index contributed by atoms with van der Waals surface area (Å²) in [6.07, 6.45) is 5.21. The third-order valence-electron chi connectivity index (χ3n) is 3.80. The summed E-state index contributed by atoms with van der Waals surface area (Å²) in [5, 5.41) is 20.3. The van der Waals surface area contributed by atoms with Crippen LogP contribution in [0.5, 0.6) is 0 Å². The van der Waals surface area contributed by atoms with Crippen LogP contribution >= 0.6 is 11.8 Å². The normalized spacial score (nSPS) is 11.9. The molecule has 0 bridgehead atoms. The highest BCUT2D eigenvalue weighted by Crippen LogP contribution is 2.36. The van der Waals surface area contributed by atoms with Gasteiger partial charge in [0.05, 0.1) is 4.92 Å². The quantitative estimate of drug-likeness (QED) is 0.268. The fourth-order valence-corrected chi connectivity index (χ4v) is 3.48. The number of pyridine rings is 1. The molecule has 1 aromatic carbocycles. The van der Waals surface area contributed by atoms with E-state index in [-0.39, 0.29) is 15.9 Å². The van der Waals surface area contributed by atoms with Crippen molar-refractivity contribution < 1.29 is 4.92 Å². The molecule has 7 nitrogen and oxygen atoms in total. The van der Waals surface area contributed by atoms with Gasteiger partial charge in [-0.2, -0.15) is 0 Å². The van der Waals surface area contributed by atoms with Gasteiger partial charge < -0.3 is 0 Å². The molecule has 0 unspecified atom stereocenters. The molecule has 2 aromatic heterocycles. The number of thioether (sulfide) groups is 1. The summed E-state index contributed by atoms with van der Waals surface area (Å²) in [6.45, 7) is 6.36. The van der Waals surface area contributed by atoms with E-state index in [1.54, 1.807) is 30.6 Å². The van der Waals surface area contributed by atoms with Crippen LogP contribution in [-0.4, -0.2) is 24.7 Å². The van der Waals surface area contributed by atoms with Crippen LogP contribution < -0.4 is 0 Å². The number of nitrogens with zero attached hydrogens (tertiary/aromatic N) is 5. The fraction of sp³-hybridized carbons (Fsp3) is 0.167. The first-order valence-electron chi connectivity index (χ1n) is 7.95. The number of non-ortho nitro benzene ring substituents is 1. The lowest BCUT2D eigenvalue weighted by Crippen LogP contribution is -2.02. The largest absolute Gasteiger partial charge is 0.298 e.